The lowest BCUT2D eigenvalue weighted by Crippen LogP contribution is -2.20. The number of alkyl halides is 3. The van der Waals surface area contributed by atoms with Gasteiger partial charge in [0.1, 0.15) is 12.3 Å². The highest BCUT2D eigenvalue weighted by Crippen LogP contribution is 2.26. The monoisotopic (exact) mass is 300 g/mol. The fraction of sp³-hybridized carbons (Fsp3) is 0.250. The molecule has 0 amide bonds. The van der Waals surface area contributed by atoms with Crippen molar-refractivity contribution in [3.8, 4) is 5.75 Å². The summed E-state index contributed by atoms with van der Waals surface area (Å²) in [6.45, 7) is -0.104. The quantitative estimate of drug-likeness (QED) is 0.846. The van der Waals surface area contributed by atoms with E-state index < -0.39 is 17.9 Å². The molecule has 0 aliphatic carbocycles. The van der Waals surface area contributed by atoms with Gasteiger partial charge in [0.15, 0.2) is 5.78 Å². The van der Waals surface area contributed by atoms with E-state index in [0.717, 1.165) is 6.07 Å². The minimum absolute atomic E-state index is 0.155. The first-order valence-electron chi connectivity index (χ1n) is 5.86. The molecule has 112 valence electrons. The average molecular weight is 300 g/mol. The van der Waals surface area contributed by atoms with Gasteiger partial charge in [-0.05, 0) is 12.1 Å². The molecule has 0 aliphatic rings. The van der Waals surface area contributed by atoms with Crippen LogP contribution in [-0.4, -0.2) is 27.1 Å². The van der Waals surface area contributed by atoms with Crippen LogP contribution in [0.5, 0.6) is 5.75 Å². The van der Waals surface area contributed by atoms with Gasteiger partial charge in [0.2, 0.25) is 0 Å². The van der Waals surface area contributed by atoms with Gasteiger partial charge in [0.25, 0.3) is 0 Å². The van der Waals surface area contributed by atoms with Gasteiger partial charge in [-0.2, -0.15) is 0 Å². The number of Topliss-reactive ketones (excluding diaryl/α,β-unsaturated/α-hetero) is 1. The number of carbonyl (C=O) groups excluding carboxylic acids is 1. The number of ether oxygens (including phenoxy) is 1. The summed E-state index contributed by atoms with van der Waals surface area (Å²) in [7, 11) is 0. The number of nitrogens with zero attached hydrogens (tertiary/aromatic N) is 3. The Morgan fingerprint density at radius 1 is 1.33 bits per heavy atom. The van der Waals surface area contributed by atoms with E-state index in [9.17, 15) is 18.0 Å². The predicted molar refractivity (Wildman–Crippen MR) is 65.4 cm³/mol. The van der Waals surface area contributed by atoms with Crippen molar-refractivity contribution in [1.82, 2.24) is 15.0 Å². The van der Waals surface area contributed by atoms with Crippen molar-refractivity contribution in [2.45, 2.75) is 19.5 Å². The molecule has 0 fully saturated rings. The molecule has 21 heavy (non-hydrogen) atoms. The SMILES string of the molecule is NCc1cn(CC(=O)c2ccccc2OC(F)(F)F)nn1. The molecular weight excluding hydrogens is 289 g/mol. The number of aromatic nitrogens is 3. The second-order valence-electron chi connectivity index (χ2n) is 4.08. The molecule has 9 heteroatoms. The van der Waals surface area contributed by atoms with Crippen molar-refractivity contribution >= 4 is 5.78 Å². The molecule has 0 saturated heterocycles. The normalized spacial score (nSPS) is 11.4. The smallest absolute Gasteiger partial charge is 0.405 e. The largest absolute Gasteiger partial charge is 0.573 e. The number of carbonyl (C=O) groups is 1. The number of benzene rings is 1. The van der Waals surface area contributed by atoms with Crippen molar-refractivity contribution in [2.75, 3.05) is 0 Å². The predicted octanol–water partition coefficient (Wildman–Crippen LogP) is 1.52. The topological polar surface area (TPSA) is 83.0 Å². The van der Waals surface area contributed by atoms with E-state index in [1.807, 2.05) is 0 Å². The van der Waals surface area contributed by atoms with Crippen LogP contribution in [0.1, 0.15) is 16.1 Å². The Morgan fingerprint density at radius 3 is 2.67 bits per heavy atom. The van der Waals surface area contributed by atoms with Gasteiger partial charge in [-0.15, -0.1) is 18.3 Å². The molecule has 0 atom stereocenters. The van der Waals surface area contributed by atoms with Crippen LogP contribution < -0.4 is 10.5 Å². The maximum atomic E-state index is 12.3. The minimum atomic E-state index is -4.86. The lowest BCUT2D eigenvalue weighted by atomic mass is 10.1. The lowest BCUT2D eigenvalue weighted by molar-refractivity contribution is -0.274. The Hall–Kier alpha value is -2.42. The molecule has 1 aromatic heterocycles. The molecule has 0 spiro atoms. The number of rotatable bonds is 5. The number of halogens is 3. The highest BCUT2D eigenvalue weighted by molar-refractivity contribution is 5.98. The van der Waals surface area contributed by atoms with E-state index in [0.29, 0.717) is 5.69 Å². The molecule has 2 N–H and O–H groups in total. The fourth-order valence-electron chi connectivity index (χ4n) is 1.65. The molecular formula is C12H11F3N4O2. The molecule has 0 unspecified atom stereocenters. The van der Waals surface area contributed by atoms with Crippen molar-refractivity contribution in [3.05, 3.63) is 41.7 Å². The third-order valence-corrected chi connectivity index (χ3v) is 2.51. The van der Waals surface area contributed by atoms with Gasteiger partial charge < -0.3 is 10.5 Å². The number of hydrogen-bond donors (Lipinski definition) is 1. The average Bonchev–Trinajstić information content (AvgIpc) is 2.85. The zero-order chi connectivity index (χ0) is 15.5. The number of hydrogen-bond acceptors (Lipinski definition) is 5. The van der Waals surface area contributed by atoms with Gasteiger partial charge in [0.05, 0.1) is 17.5 Å². The van der Waals surface area contributed by atoms with Crippen LogP contribution >= 0.6 is 0 Å². The van der Waals surface area contributed by atoms with E-state index in [4.69, 9.17) is 5.73 Å². The highest BCUT2D eigenvalue weighted by atomic mass is 19.4. The molecule has 0 bridgehead atoms. The third-order valence-electron chi connectivity index (χ3n) is 2.51. The van der Waals surface area contributed by atoms with E-state index in [2.05, 4.69) is 15.0 Å². The molecule has 1 aromatic carbocycles. The van der Waals surface area contributed by atoms with E-state index in [1.165, 1.54) is 29.1 Å². The summed E-state index contributed by atoms with van der Waals surface area (Å²) >= 11 is 0. The van der Waals surface area contributed by atoms with Crippen LogP contribution in [0, 0.1) is 0 Å². The van der Waals surface area contributed by atoms with Crippen molar-refractivity contribution in [1.29, 1.82) is 0 Å². The lowest BCUT2D eigenvalue weighted by Gasteiger charge is -2.12. The second kappa shape index (κ2) is 5.92. The summed E-state index contributed by atoms with van der Waals surface area (Å²) in [5.74, 6) is -1.13. The third kappa shape index (κ3) is 4.02. The summed E-state index contributed by atoms with van der Waals surface area (Å²) in [6, 6.07) is 5.13. The Kier molecular flexibility index (Phi) is 4.22. The Morgan fingerprint density at radius 2 is 2.05 bits per heavy atom. The van der Waals surface area contributed by atoms with Crippen LogP contribution in [-0.2, 0) is 13.1 Å². The van der Waals surface area contributed by atoms with Gasteiger partial charge in [-0.3, -0.25) is 4.79 Å². The molecule has 1 heterocycles. The Labute approximate surface area is 117 Å². The maximum absolute atomic E-state index is 12.3. The van der Waals surface area contributed by atoms with Crippen LogP contribution in [0.3, 0.4) is 0 Å². The number of nitrogens with two attached hydrogens (primary N) is 1. The molecule has 2 rings (SSSR count). The van der Waals surface area contributed by atoms with Crippen molar-refractivity contribution < 1.29 is 22.7 Å². The highest BCUT2D eigenvalue weighted by Gasteiger charge is 2.32. The minimum Gasteiger partial charge on any atom is -0.405 e. The van der Waals surface area contributed by atoms with Crippen molar-refractivity contribution in [3.63, 3.8) is 0 Å². The second-order valence-corrected chi connectivity index (χ2v) is 4.08. The summed E-state index contributed by atoms with van der Waals surface area (Å²) in [5.41, 5.74) is 5.65. The van der Waals surface area contributed by atoms with Crippen LogP contribution in [0.2, 0.25) is 0 Å². The number of para-hydroxylation sites is 1. The fourth-order valence-corrected chi connectivity index (χ4v) is 1.65. The molecule has 2 aromatic rings. The van der Waals surface area contributed by atoms with Gasteiger partial charge in [-0.25, -0.2) is 4.68 Å². The van der Waals surface area contributed by atoms with Crippen LogP contribution in [0.25, 0.3) is 0 Å². The molecule has 6 nitrogen and oxygen atoms in total. The number of ketones is 1. The standard InChI is InChI=1S/C12H11F3N4O2/c13-12(14,15)21-11-4-2-1-3-9(11)10(20)7-19-6-8(5-16)17-18-19/h1-4,6H,5,7,16H2. The zero-order valence-corrected chi connectivity index (χ0v) is 10.7. The first kappa shape index (κ1) is 15.0. The van der Waals surface area contributed by atoms with Gasteiger partial charge in [0, 0.05) is 6.54 Å². The summed E-state index contributed by atoms with van der Waals surface area (Å²) in [4.78, 5) is 12.1. The molecule has 0 saturated carbocycles. The Balaban J connectivity index is 2.19. The summed E-state index contributed by atoms with van der Waals surface area (Å²) in [5, 5.41) is 7.35. The van der Waals surface area contributed by atoms with E-state index in [1.54, 1.807) is 0 Å². The van der Waals surface area contributed by atoms with Crippen LogP contribution in [0.4, 0.5) is 13.2 Å². The molecule has 0 radical (unpaired) electrons. The van der Waals surface area contributed by atoms with Gasteiger partial charge >= 0.3 is 6.36 Å². The zero-order valence-electron chi connectivity index (χ0n) is 10.7. The first-order valence-corrected chi connectivity index (χ1v) is 5.86. The van der Waals surface area contributed by atoms with Crippen molar-refractivity contribution in [2.24, 2.45) is 5.73 Å². The summed E-state index contributed by atoms with van der Waals surface area (Å²) < 4.78 is 41.9. The van der Waals surface area contributed by atoms with Crippen LogP contribution in [0.15, 0.2) is 30.5 Å². The van der Waals surface area contributed by atoms with Gasteiger partial charge in [-0.1, -0.05) is 17.3 Å². The first-order chi connectivity index (χ1) is 9.89. The maximum Gasteiger partial charge on any atom is 0.573 e. The molecule has 0 aliphatic heterocycles. The Bertz CT molecular complexity index is 639. The summed E-state index contributed by atoms with van der Waals surface area (Å²) in [6.07, 6.45) is -3.42. The van der Waals surface area contributed by atoms with E-state index >= 15 is 0 Å². The van der Waals surface area contributed by atoms with E-state index in [-0.39, 0.29) is 18.7 Å².